The Morgan fingerprint density at radius 2 is 1.32 bits per heavy atom. The largest absolute Gasteiger partial charge is 0.416 e. The molecule has 0 aliphatic carbocycles. The van der Waals surface area contributed by atoms with Crippen molar-refractivity contribution in [3.8, 4) is 0 Å². The first-order chi connectivity index (χ1) is 17.6. The average molecular weight is 548 g/mol. The van der Waals surface area contributed by atoms with Crippen LogP contribution in [0.3, 0.4) is 0 Å². The summed E-state index contributed by atoms with van der Waals surface area (Å²) in [6.07, 6.45) is -7.24. The van der Waals surface area contributed by atoms with E-state index in [2.05, 4.69) is 10.6 Å². The molecule has 0 bridgehead atoms. The van der Waals surface area contributed by atoms with Gasteiger partial charge in [-0.15, -0.1) is 0 Å². The van der Waals surface area contributed by atoms with Crippen LogP contribution in [0, 0.1) is 5.82 Å². The molecule has 38 heavy (non-hydrogen) atoms. The van der Waals surface area contributed by atoms with E-state index in [1.807, 2.05) is 0 Å². The summed E-state index contributed by atoms with van der Waals surface area (Å²) < 4.78 is 93.1. The first-order valence-electron chi connectivity index (χ1n) is 12.4. The monoisotopic (exact) mass is 547 g/mol. The number of rotatable bonds is 4. The lowest BCUT2D eigenvalue weighted by Gasteiger charge is -2.36. The minimum Gasteiger partial charge on any atom is -0.340 e. The molecule has 210 valence electrons. The molecule has 4 rings (SSSR count). The SMILES string of the molecule is C1CCNC1.CN(C(=O)C(C)(C)c1cc(C(F)(F)F)cc(C(F)(F)F)c1)[C@@H]1CNC[C@H]1c1ccc(F)cc1. The van der Waals surface area contributed by atoms with Crippen molar-refractivity contribution in [2.75, 3.05) is 33.2 Å². The number of nitrogens with one attached hydrogen (secondary N) is 2. The predicted molar refractivity (Wildman–Crippen MR) is 130 cm³/mol. The fourth-order valence-corrected chi connectivity index (χ4v) is 4.78. The molecular weight excluding hydrogens is 515 g/mol. The molecule has 2 heterocycles. The standard InChI is InChI=1S/C23H23F7N2O.C4H9N/c1-21(2,14-8-15(22(25,26)27)10-16(9-14)23(28,29)30)20(33)32(3)19-12-31-11-18(19)13-4-6-17(24)7-5-13;1-2-4-5-3-1/h4-10,18-19,31H,11-12H2,1-3H3;5H,1-4H2/t18-,19+;/m0./s1. The minimum absolute atomic E-state index is 0.0409. The van der Waals surface area contributed by atoms with Gasteiger partial charge in [-0.25, -0.2) is 4.39 Å². The molecule has 1 amide bonds. The van der Waals surface area contributed by atoms with Crippen LogP contribution in [0.2, 0.25) is 0 Å². The fourth-order valence-electron chi connectivity index (χ4n) is 4.78. The van der Waals surface area contributed by atoms with Gasteiger partial charge in [0.05, 0.1) is 22.6 Å². The number of halogens is 7. The van der Waals surface area contributed by atoms with Crippen LogP contribution in [0.15, 0.2) is 42.5 Å². The number of amides is 1. The Balaban J connectivity index is 0.000000715. The molecule has 2 fully saturated rings. The molecule has 2 saturated heterocycles. The zero-order valence-corrected chi connectivity index (χ0v) is 21.4. The molecule has 2 aliphatic heterocycles. The van der Waals surface area contributed by atoms with E-state index in [4.69, 9.17) is 0 Å². The lowest BCUT2D eigenvalue weighted by molar-refractivity contribution is -0.144. The summed E-state index contributed by atoms with van der Waals surface area (Å²) >= 11 is 0. The normalized spacial score (nSPS) is 20.2. The highest BCUT2D eigenvalue weighted by atomic mass is 19.4. The van der Waals surface area contributed by atoms with Gasteiger partial charge < -0.3 is 15.5 Å². The summed E-state index contributed by atoms with van der Waals surface area (Å²) in [4.78, 5) is 14.7. The summed E-state index contributed by atoms with van der Waals surface area (Å²) in [5.74, 6) is -1.27. The van der Waals surface area contributed by atoms with Gasteiger partial charge in [0.1, 0.15) is 5.82 Å². The number of alkyl halides is 6. The van der Waals surface area contributed by atoms with E-state index in [0.29, 0.717) is 25.2 Å². The molecule has 0 aromatic heterocycles. The van der Waals surface area contributed by atoms with Gasteiger partial charge in [0.25, 0.3) is 0 Å². The number of carbonyl (C=O) groups is 1. The van der Waals surface area contributed by atoms with Crippen LogP contribution in [-0.4, -0.2) is 50.1 Å². The van der Waals surface area contributed by atoms with Crippen molar-refractivity contribution in [3.05, 3.63) is 70.5 Å². The Hall–Kier alpha value is -2.66. The second-order valence-electron chi connectivity index (χ2n) is 10.2. The Morgan fingerprint density at radius 1 is 0.816 bits per heavy atom. The first-order valence-corrected chi connectivity index (χ1v) is 12.4. The zero-order valence-electron chi connectivity index (χ0n) is 21.4. The maximum Gasteiger partial charge on any atom is 0.416 e. The molecule has 2 N–H and O–H groups in total. The van der Waals surface area contributed by atoms with E-state index in [1.54, 1.807) is 12.1 Å². The maximum atomic E-state index is 13.4. The summed E-state index contributed by atoms with van der Waals surface area (Å²) in [5.41, 5.74) is -4.23. The van der Waals surface area contributed by atoms with E-state index in [9.17, 15) is 35.5 Å². The third-order valence-corrected chi connectivity index (χ3v) is 7.10. The minimum atomic E-state index is -5.01. The highest BCUT2D eigenvalue weighted by molar-refractivity contribution is 5.87. The molecule has 11 heteroatoms. The lowest BCUT2D eigenvalue weighted by Crippen LogP contribution is -2.48. The van der Waals surface area contributed by atoms with Crippen LogP contribution in [0.25, 0.3) is 0 Å². The van der Waals surface area contributed by atoms with Gasteiger partial charge in [-0.1, -0.05) is 12.1 Å². The van der Waals surface area contributed by atoms with Crippen molar-refractivity contribution in [2.45, 2.75) is 56.4 Å². The smallest absolute Gasteiger partial charge is 0.340 e. The Labute approximate surface area is 217 Å². The van der Waals surface area contributed by atoms with Crippen LogP contribution >= 0.6 is 0 Å². The van der Waals surface area contributed by atoms with Crippen molar-refractivity contribution < 1.29 is 35.5 Å². The van der Waals surface area contributed by atoms with E-state index in [-0.39, 0.29) is 17.5 Å². The molecule has 0 saturated carbocycles. The van der Waals surface area contributed by atoms with E-state index in [0.717, 1.165) is 5.56 Å². The second kappa shape index (κ2) is 11.6. The quantitative estimate of drug-likeness (QED) is 0.481. The van der Waals surface area contributed by atoms with Gasteiger partial charge in [-0.2, -0.15) is 26.3 Å². The number of hydrogen-bond acceptors (Lipinski definition) is 3. The highest BCUT2D eigenvalue weighted by Crippen LogP contribution is 2.40. The highest BCUT2D eigenvalue weighted by Gasteiger charge is 2.43. The van der Waals surface area contributed by atoms with Gasteiger partial charge in [0.15, 0.2) is 0 Å². The van der Waals surface area contributed by atoms with Gasteiger partial charge in [-0.05, 0) is 81.2 Å². The van der Waals surface area contributed by atoms with Gasteiger partial charge in [-0.3, -0.25) is 4.79 Å². The summed E-state index contributed by atoms with van der Waals surface area (Å²) in [5, 5.41) is 6.36. The average Bonchev–Trinajstić information content (AvgIpc) is 3.58. The third kappa shape index (κ3) is 7.05. The van der Waals surface area contributed by atoms with E-state index < -0.39 is 46.7 Å². The second-order valence-corrected chi connectivity index (χ2v) is 10.2. The number of likely N-dealkylation sites (N-methyl/N-ethyl adjacent to an activating group) is 1. The van der Waals surface area contributed by atoms with Crippen LogP contribution < -0.4 is 10.6 Å². The Kier molecular flexibility index (Phi) is 9.13. The first kappa shape index (κ1) is 29.9. The van der Waals surface area contributed by atoms with Crippen LogP contribution in [0.5, 0.6) is 0 Å². The number of carbonyl (C=O) groups excluding carboxylic acids is 1. The summed E-state index contributed by atoms with van der Waals surface area (Å²) in [6, 6.07) is 6.55. The topological polar surface area (TPSA) is 44.4 Å². The number of benzene rings is 2. The van der Waals surface area contributed by atoms with E-state index in [1.165, 1.54) is 63.9 Å². The van der Waals surface area contributed by atoms with Gasteiger partial charge in [0.2, 0.25) is 5.91 Å². The number of nitrogens with zero attached hydrogens (tertiary/aromatic N) is 1. The van der Waals surface area contributed by atoms with Crippen molar-refractivity contribution in [2.24, 2.45) is 0 Å². The van der Waals surface area contributed by atoms with Crippen LogP contribution in [0.4, 0.5) is 30.7 Å². The molecule has 2 aromatic rings. The molecule has 2 aromatic carbocycles. The van der Waals surface area contributed by atoms with Crippen molar-refractivity contribution >= 4 is 5.91 Å². The summed E-state index contributed by atoms with van der Waals surface area (Å²) in [6.45, 7) is 5.96. The molecular formula is C27H32F7N3O. The molecule has 0 radical (unpaired) electrons. The van der Waals surface area contributed by atoms with E-state index >= 15 is 0 Å². The number of hydrogen-bond donors (Lipinski definition) is 2. The van der Waals surface area contributed by atoms with Crippen molar-refractivity contribution in [1.82, 2.24) is 15.5 Å². The van der Waals surface area contributed by atoms with Crippen LogP contribution in [-0.2, 0) is 22.6 Å². The molecule has 0 unspecified atom stereocenters. The molecule has 2 aliphatic rings. The van der Waals surface area contributed by atoms with Crippen molar-refractivity contribution in [1.29, 1.82) is 0 Å². The fraction of sp³-hybridized carbons (Fsp3) is 0.519. The zero-order chi connectivity index (χ0) is 28.3. The Bertz CT molecular complexity index is 1050. The third-order valence-electron chi connectivity index (χ3n) is 7.10. The van der Waals surface area contributed by atoms with Crippen LogP contribution in [0.1, 0.15) is 54.9 Å². The van der Waals surface area contributed by atoms with Crippen molar-refractivity contribution in [3.63, 3.8) is 0 Å². The maximum absolute atomic E-state index is 13.4. The molecule has 2 atom stereocenters. The molecule has 0 spiro atoms. The summed E-state index contributed by atoms with van der Waals surface area (Å²) in [7, 11) is 1.47. The van der Waals surface area contributed by atoms with Gasteiger partial charge in [0, 0.05) is 26.1 Å². The lowest BCUT2D eigenvalue weighted by atomic mass is 9.80. The Morgan fingerprint density at radius 3 is 1.76 bits per heavy atom. The molecule has 4 nitrogen and oxygen atoms in total. The van der Waals surface area contributed by atoms with Gasteiger partial charge >= 0.3 is 12.4 Å². The predicted octanol–water partition coefficient (Wildman–Crippen LogP) is 5.72.